The second kappa shape index (κ2) is 5.49. The van der Waals surface area contributed by atoms with E-state index in [0.717, 1.165) is 6.54 Å². The third-order valence-corrected chi connectivity index (χ3v) is 2.90. The van der Waals surface area contributed by atoms with Crippen LogP contribution in [0.3, 0.4) is 0 Å². The normalized spacial score (nSPS) is 11.8. The van der Waals surface area contributed by atoms with Crippen LogP contribution in [0.4, 0.5) is 0 Å². The van der Waals surface area contributed by atoms with Crippen molar-refractivity contribution in [2.24, 2.45) is 0 Å². The fraction of sp³-hybridized carbons (Fsp3) is 0.600. The van der Waals surface area contributed by atoms with Crippen LogP contribution >= 0.6 is 0 Å². The summed E-state index contributed by atoms with van der Waals surface area (Å²) in [6, 6.07) is 6.56. The quantitative estimate of drug-likeness (QED) is 0.763. The zero-order chi connectivity index (χ0) is 12.2. The highest BCUT2D eigenvalue weighted by molar-refractivity contribution is 5.33. The van der Waals surface area contributed by atoms with Crippen molar-refractivity contribution < 1.29 is 0 Å². The smallest absolute Gasteiger partial charge is 0.00965 e. The molecule has 1 nitrogen and oxygen atoms in total. The van der Waals surface area contributed by atoms with E-state index in [-0.39, 0.29) is 5.54 Å². The summed E-state index contributed by atoms with van der Waals surface area (Å²) in [4.78, 5) is 0. The van der Waals surface area contributed by atoms with Gasteiger partial charge < -0.3 is 5.32 Å². The maximum Gasteiger partial charge on any atom is 0.00965 e. The van der Waals surface area contributed by atoms with Crippen molar-refractivity contribution in [3.63, 3.8) is 0 Å². The maximum atomic E-state index is 3.53. The van der Waals surface area contributed by atoms with Crippen LogP contribution in [0.1, 0.15) is 43.9 Å². The van der Waals surface area contributed by atoms with Crippen molar-refractivity contribution >= 4 is 0 Å². The minimum Gasteiger partial charge on any atom is -0.312 e. The van der Waals surface area contributed by atoms with Crippen LogP contribution in [-0.4, -0.2) is 12.1 Å². The van der Waals surface area contributed by atoms with Gasteiger partial charge in [0.15, 0.2) is 0 Å². The number of benzene rings is 1. The molecule has 0 spiro atoms. The van der Waals surface area contributed by atoms with Gasteiger partial charge in [0.2, 0.25) is 0 Å². The maximum absolute atomic E-state index is 3.53. The molecule has 0 aromatic heterocycles. The van der Waals surface area contributed by atoms with Gasteiger partial charge in [0.05, 0.1) is 0 Å². The van der Waals surface area contributed by atoms with Gasteiger partial charge in [0, 0.05) is 5.54 Å². The summed E-state index contributed by atoms with van der Waals surface area (Å²) < 4.78 is 0. The molecule has 0 radical (unpaired) electrons. The summed E-state index contributed by atoms with van der Waals surface area (Å²) in [5, 5.41) is 3.53. The van der Waals surface area contributed by atoms with Gasteiger partial charge in [-0.3, -0.25) is 0 Å². The van der Waals surface area contributed by atoms with E-state index < -0.39 is 0 Å². The van der Waals surface area contributed by atoms with Crippen molar-refractivity contribution in [3.8, 4) is 0 Å². The van der Waals surface area contributed by atoms with E-state index in [9.17, 15) is 0 Å². The fourth-order valence-corrected chi connectivity index (χ4v) is 1.97. The van der Waals surface area contributed by atoms with E-state index in [1.165, 1.54) is 29.5 Å². The zero-order valence-electron chi connectivity index (χ0n) is 11.4. The first-order valence-corrected chi connectivity index (χ1v) is 6.20. The molecule has 0 aliphatic carbocycles. The molecule has 1 rings (SSSR count). The molecule has 0 saturated heterocycles. The molecule has 0 fully saturated rings. The minimum absolute atomic E-state index is 0.237. The Hall–Kier alpha value is -0.820. The standard InChI is InChI=1S/C15H25N/c1-12-8-6-9-13(2)14(12)10-7-11-16-15(3,4)5/h6,8-9,16H,7,10-11H2,1-5H3. The van der Waals surface area contributed by atoms with E-state index >= 15 is 0 Å². The van der Waals surface area contributed by atoms with Crippen LogP contribution in [0.5, 0.6) is 0 Å². The Bertz CT molecular complexity index is 314. The molecule has 1 N–H and O–H groups in total. The Balaban J connectivity index is 2.43. The van der Waals surface area contributed by atoms with Gasteiger partial charge in [-0.25, -0.2) is 0 Å². The van der Waals surface area contributed by atoms with Gasteiger partial charge in [-0.2, -0.15) is 0 Å². The third kappa shape index (κ3) is 4.36. The Morgan fingerprint density at radius 2 is 1.62 bits per heavy atom. The van der Waals surface area contributed by atoms with Gasteiger partial charge in [-0.1, -0.05) is 18.2 Å². The molecular formula is C15H25N. The first kappa shape index (κ1) is 13.2. The van der Waals surface area contributed by atoms with Crippen LogP contribution in [0.15, 0.2) is 18.2 Å². The van der Waals surface area contributed by atoms with E-state index in [4.69, 9.17) is 0 Å². The van der Waals surface area contributed by atoms with Gasteiger partial charge in [0.1, 0.15) is 0 Å². The average Bonchev–Trinajstić information content (AvgIpc) is 2.14. The molecule has 0 aliphatic rings. The van der Waals surface area contributed by atoms with Gasteiger partial charge in [-0.05, 0) is 70.7 Å². The highest BCUT2D eigenvalue weighted by Gasteiger charge is 2.08. The van der Waals surface area contributed by atoms with Crippen LogP contribution in [-0.2, 0) is 6.42 Å². The number of aryl methyl sites for hydroxylation is 2. The highest BCUT2D eigenvalue weighted by Crippen LogP contribution is 2.15. The first-order chi connectivity index (χ1) is 7.40. The molecule has 1 aromatic rings. The van der Waals surface area contributed by atoms with Crippen molar-refractivity contribution in [2.75, 3.05) is 6.54 Å². The predicted octanol–water partition coefficient (Wildman–Crippen LogP) is 3.62. The summed E-state index contributed by atoms with van der Waals surface area (Å²) in [5.74, 6) is 0. The van der Waals surface area contributed by atoms with E-state index in [0.29, 0.717) is 0 Å². The number of hydrogen-bond donors (Lipinski definition) is 1. The molecule has 0 atom stereocenters. The Labute approximate surface area is 100 Å². The molecule has 0 amide bonds. The SMILES string of the molecule is Cc1cccc(C)c1CCCNC(C)(C)C. The number of nitrogens with one attached hydrogen (secondary N) is 1. The summed E-state index contributed by atoms with van der Waals surface area (Å²) >= 11 is 0. The molecular weight excluding hydrogens is 194 g/mol. The molecule has 0 unspecified atom stereocenters. The van der Waals surface area contributed by atoms with Crippen molar-refractivity contribution in [1.29, 1.82) is 0 Å². The molecule has 90 valence electrons. The molecule has 16 heavy (non-hydrogen) atoms. The van der Waals surface area contributed by atoms with Crippen molar-refractivity contribution in [2.45, 2.75) is 53.0 Å². The minimum atomic E-state index is 0.237. The fourth-order valence-electron chi connectivity index (χ4n) is 1.97. The van der Waals surface area contributed by atoms with E-state index in [2.05, 4.69) is 58.1 Å². The van der Waals surface area contributed by atoms with Crippen molar-refractivity contribution in [3.05, 3.63) is 34.9 Å². The lowest BCUT2D eigenvalue weighted by atomic mass is 9.98. The van der Waals surface area contributed by atoms with Crippen LogP contribution in [0, 0.1) is 13.8 Å². The monoisotopic (exact) mass is 219 g/mol. The number of rotatable bonds is 4. The topological polar surface area (TPSA) is 12.0 Å². The summed E-state index contributed by atoms with van der Waals surface area (Å²) in [6.45, 7) is 12.2. The lowest BCUT2D eigenvalue weighted by molar-refractivity contribution is 0.422. The van der Waals surface area contributed by atoms with Crippen LogP contribution in [0.25, 0.3) is 0 Å². The second-order valence-electron chi connectivity index (χ2n) is 5.65. The second-order valence-corrected chi connectivity index (χ2v) is 5.65. The van der Waals surface area contributed by atoms with E-state index in [1.807, 2.05) is 0 Å². The van der Waals surface area contributed by atoms with Gasteiger partial charge in [-0.15, -0.1) is 0 Å². The van der Waals surface area contributed by atoms with Crippen LogP contribution < -0.4 is 5.32 Å². The largest absolute Gasteiger partial charge is 0.312 e. The molecule has 0 bridgehead atoms. The average molecular weight is 219 g/mol. The van der Waals surface area contributed by atoms with E-state index in [1.54, 1.807) is 0 Å². The molecule has 0 aliphatic heterocycles. The molecule has 0 heterocycles. The predicted molar refractivity (Wildman–Crippen MR) is 72.0 cm³/mol. The first-order valence-electron chi connectivity index (χ1n) is 6.20. The summed E-state index contributed by atoms with van der Waals surface area (Å²) in [5.41, 5.74) is 4.62. The van der Waals surface area contributed by atoms with Gasteiger partial charge in [0.25, 0.3) is 0 Å². The third-order valence-electron chi connectivity index (χ3n) is 2.90. The number of hydrogen-bond acceptors (Lipinski definition) is 1. The van der Waals surface area contributed by atoms with Crippen LogP contribution in [0.2, 0.25) is 0 Å². The summed E-state index contributed by atoms with van der Waals surface area (Å²) in [7, 11) is 0. The Morgan fingerprint density at radius 1 is 1.06 bits per heavy atom. The lowest BCUT2D eigenvalue weighted by Gasteiger charge is -2.20. The summed E-state index contributed by atoms with van der Waals surface area (Å²) in [6.07, 6.45) is 2.39. The molecule has 0 saturated carbocycles. The molecule has 1 aromatic carbocycles. The Morgan fingerprint density at radius 3 is 2.12 bits per heavy atom. The highest BCUT2D eigenvalue weighted by atomic mass is 14.9. The Kier molecular flexibility index (Phi) is 4.55. The van der Waals surface area contributed by atoms with Gasteiger partial charge >= 0.3 is 0 Å². The molecule has 1 heteroatoms. The zero-order valence-corrected chi connectivity index (χ0v) is 11.4. The van der Waals surface area contributed by atoms with Crippen molar-refractivity contribution in [1.82, 2.24) is 5.32 Å². The lowest BCUT2D eigenvalue weighted by Crippen LogP contribution is -2.36.